The van der Waals surface area contributed by atoms with Crippen molar-refractivity contribution in [2.75, 3.05) is 0 Å². The molecule has 3 unspecified atom stereocenters. The van der Waals surface area contributed by atoms with Crippen molar-refractivity contribution in [3.8, 4) is 0 Å². The predicted molar refractivity (Wildman–Crippen MR) is 64.3 cm³/mol. The second-order valence-electron chi connectivity index (χ2n) is 5.50. The first kappa shape index (κ1) is 11.8. The van der Waals surface area contributed by atoms with Gasteiger partial charge >= 0.3 is 0 Å². The largest absolute Gasteiger partial charge is 0.0850 e. The highest BCUT2D eigenvalue weighted by Gasteiger charge is 2.35. The van der Waals surface area contributed by atoms with Crippen LogP contribution in [0.15, 0.2) is 11.6 Å². The van der Waals surface area contributed by atoms with Crippen LogP contribution < -0.4 is 0 Å². The molecule has 14 heavy (non-hydrogen) atoms. The van der Waals surface area contributed by atoms with Gasteiger partial charge in [-0.15, -0.1) is 0 Å². The van der Waals surface area contributed by atoms with E-state index in [1.165, 1.54) is 25.7 Å². The number of rotatable bonds is 3. The molecule has 0 heterocycles. The van der Waals surface area contributed by atoms with Crippen molar-refractivity contribution in [2.24, 2.45) is 17.3 Å². The van der Waals surface area contributed by atoms with E-state index in [0.717, 1.165) is 11.8 Å². The molecule has 0 heteroatoms. The Morgan fingerprint density at radius 1 is 1.57 bits per heavy atom. The van der Waals surface area contributed by atoms with Gasteiger partial charge in [-0.05, 0) is 43.4 Å². The standard InChI is InChI=1S/C14H26/c1-6-11(2)10-14(5)12(3)8-7-9-13(14)4/h8,11,13H,6-7,9-10H2,1-5H3. The highest BCUT2D eigenvalue weighted by atomic mass is 14.4. The molecule has 0 aromatic heterocycles. The van der Waals surface area contributed by atoms with Gasteiger partial charge in [0.15, 0.2) is 0 Å². The van der Waals surface area contributed by atoms with Crippen LogP contribution in [0.1, 0.15) is 60.3 Å². The maximum atomic E-state index is 2.47. The summed E-state index contributed by atoms with van der Waals surface area (Å²) in [6.07, 6.45) is 7.82. The van der Waals surface area contributed by atoms with E-state index in [0.29, 0.717) is 5.41 Å². The fourth-order valence-corrected chi connectivity index (χ4v) is 2.72. The maximum Gasteiger partial charge on any atom is -0.00909 e. The Morgan fingerprint density at radius 2 is 2.21 bits per heavy atom. The average molecular weight is 194 g/mol. The molecule has 0 aliphatic heterocycles. The monoisotopic (exact) mass is 194 g/mol. The van der Waals surface area contributed by atoms with Crippen LogP contribution in [0.3, 0.4) is 0 Å². The third-order valence-electron chi connectivity index (χ3n) is 4.51. The number of hydrogen-bond acceptors (Lipinski definition) is 0. The van der Waals surface area contributed by atoms with Crippen LogP contribution in [0.25, 0.3) is 0 Å². The summed E-state index contributed by atoms with van der Waals surface area (Å²) in [6.45, 7) is 11.9. The fourth-order valence-electron chi connectivity index (χ4n) is 2.72. The Hall–Kier alpha value is -0.260. The first-order valence-electron chi connectivity index (χ1n) is 6.18. The summed E-state index contributed by atoms with van der Waals surface area (Å²) in [4.78, 5) is 0. The van der Waals surface area contributed by atoms with Gasteiger partial charge in [0.1, 0.15) is 0 Å². The van der Waals surface area contributed by atoms with Crippen molar-refractivity contribution < 1.29 is 0 Å². The van der Waals surface area contributed by atoms with E-state index in [1.54, 1.807) is 5.57 Å². The molecule has 1 rings (SSSR count). The van der Waals surface area contributed by atoms with Crippen molar-refractivity contribution in [2.45, 2.75) is 60.3 Å². The Morgan fingerprint density at radius 3 is 2.71 bits per heavy atom. The van der Waals surface area contributed by atoms with Crippen molar-refractivity contribution in [1.29, 1.82) is 0 Å². The first-order chi connectivity index (χ1) is 6.50. The van der Waals surface area contributed by atoms with Crippen molar-refractivity contribution in [3.05, 3.63) is 11.6 Å². The van der Waals surface area contributed by atoms with E-state index in [9.17, 15) is 0 Å². The van der Waals surface area contributed by atoms with Crippen LogP contribution in [0, 0.1) is 17.3 Å². The zero-order valence-corrected chi connectivity index (χ0v) is 10.6. The Kier molecular flexibility index (Phi) is 3.80. The van der Waals surface area contributed by atoms with Gasteiger partial charge < -0.3 is 0 Å². The molecule has 0 bridgehead atoms. The van der Waals surface area contributed by atoms with Crippen LogP contribution in [0.4, 0.5) is 0 Å². The van der Waals surface area contributed by atoms with Crippen LogP contribution >= 0.6 is 0 Å². The molecule has 0 fully saturated rings. The first-order valence-corrected chi connectivity index (χ1v) is 6.18. The third-order valence-corrected chi connectivity index (χ3v) is 4.51. The van der Waals surface area contributed by atoms with Crippen LogP contribution in [-0.2, 0) is 0 Å². The highest BCUT2D eigenvalue weighted by Crippen LogP contribution is 2.46. The lowest BCUT2D eigenvalue weighted by molar-refractivity contribution is 0.179. The number of hydrogen-bond donors (Lipinski definition) is 0. The van der Waals surface area contributed by atoms with Gasteiger partial charge in [-0.1, -0.05) is 45.8 Å². The Bertz CT molecular complexity index is 214. The molecule has 0 saturated carbocycles. The van der Waals surface area contributed by atoms with E-state index in [2.05, 4.69) is 40.7 Å². The Labute approximate surface area is 89.8 Å². The summed E-state index contributed by atoms with van der Waals surface area (Å²) >= 11 is 0. The highest BCUT2D eigenvalue weighted by molar-refractivity contribution is 5.15. The minimum Gasteiger partial charge on any atom is -0.0850 e. The second-order valence-corrected chi connectivity index (χ2v) is 5.50. The van der Waals surface area contributed by atoms with E-state index in [4.69, 9.17) is 0 Å². The summed E-state index contributed by atoms with van der Waals surface area (Å²) in [6, 6.07) is 0. The van der Waals surface area contributed by atoms with Gasteiger partial charge in [0.2, 0.25) is 0 Å². The zero-order valence-electron chi connectivity index (χ0n) is 10.6. The van der Waals surface area contributed by atoms with Crippen molar-refractivity contribution in [1.82, 2.24) is 0 Å². The van der Waals surface area contributed by atoms with E-state index < -0.39 is 0 Å². The molecule has 0 N–H and O–H groups in total. The summed E-state index contributed by atoms with van der Waals surface area (Å²) < 4.78 is 0. The van der Waals surface area contributed by atoms with Gasteiger partial charge in [-0.2, -0.15) is 0 Å². The molecule has 82 valence electrons. The van der Waals surface area contributed by atoms with Gasteiger partial charge in [-0.25, -0.2) is 0 Å². The topological polar surface area (TPSA) is 0 Å². The molecule has 0 radical (unpaired) electrons. The third kappa shape index (κ3) is 2.21. The molecule has 0 nitrogen and oxygen atoms in total. The normalized spacial score (nSPS) is 35.2. The van der Waals surface area contributed by atoms with Crippen molar-refractivity contribution >= 4 is 0 Å². The van der Waals surface area contributed by atoms with Crippen molar-refractivity contribution in [3.63, 3.8) is 0 Å². The van der Waals surface area contributed by atoms with Gasteiger partial charge in [0.05, 0.1) is 0 Å². The molecular formula is C14H26. The molecule has 0 aromatic carbocycles. The lowest BCUT2D eigenvalue weighted by Gasteiger charge is -2.41. The van der Waals surface area contributed by atoms with Gasteiger partial charge in [0, 0.05) is 0 Å². The molecule has 0 aromatic rings. The number of allylic oxidation sites excluding steroid dienone is 2. The zero-order chi connectivity index (χ0) is 10.8. The summed E-state index contributed by atoms with van der Waals surface area (Å²) in [5.74, 6) is 1.73. The van der Waals surface area contributed by atoms with E-state index in [1.807, 2.05) is 0 Å². The fraction of sp³-hybridized carbons (Fsp3) is 0.857. The summed E-state index contributed by atoms with van der Waals surface area (Å²) in [5, 5.41) is 0. The molecule has 1 aliphatic rings. The Balaban J connectivity index is 2.77. The predicted octanol–water partition coefficient (Wildman–Crippen LogP) is 4.81. The molecule has 0 spiro atoms. The minimum absolute atomic E-state index is 0.480. The average Bonchev–Trinajstić information content (AvgIpc) is 2.14. The smallest absolute Gasteiger partial charge is 0.00909 e. The molecule has 0 saturated heterocycles. The van der Waals surface area contributed by atoms with E-state index in [-0.39, 0.29) is 0 Å². The SMILES string of the molecule is CCC(C)CC1(C)C(C)=CCCC1C. The molecular weight excluding hydrogens is 168 g/mol. The summed E-state index contributed by atoms with van der Waals surface area (Å²) in [7, 11) is 0. The lowest BCUT2D eigenvalue weighted by atomic mass is 9.63. The molecule has 1 aliphatic carbocycles. The van der Waals surface area contributed by atoms with Crippen LogP contribution in [0.5, 0.6) is 0 Å². The molecule has 0 amide bonds. The maximum absolute atomic E-state index is 2.47. The van der Waals surface area contributed by atoms with Gasteiger partial charge in [0.25, 0.3) is 0 Å². The van der Waals surface area contributed by atoms with Crippen LogP contribution in [0.2, 0.25) is 0 Å². The summed E-state index contributed by atoms with van der Waals surface area (Å²) in [5.41, 5.74) is 2.12. The second kappa shape index (κ2) is 4.51. The quantitative estimate of drug-likeness (QED) is 0.566. The molecule has 3 atom stereocenters. The van der Waals surface area contributed by atoms with E-state index >= 15 is 0 Å². The van der Waals surface area contributed by atoms with Gasteiger partial charge in [-0.3, -0.25) is 0 Å². The lowest BCUT2D eigenvalue weighted by Crippen LogP contribution is -2.31. The minimum atomic E-state index is 0.480. The van der Waals surface area contributed by atoms with Crippen LogP contribution in [-0.4, -0.2) is 0 Å².